The number of hydrogen-bond donors (Lipinski definition) is 1. The first-order chi connectivity index (χ1) is 12.1. The Labute approximate surface area is 159 Å². The molecule has 0 saturated carbocycles. The molecule has 0 heterocycles. The maximum absolute atomic E-state index is 12.7. The van der Waals surface area contributed by atoms with Gasteiger partial charge in [-0.25, -0.2) is 13.2 Å². The van der Waals surface area contributed by atoms with Crippen LogP contribution in [0.1, 0.15) is 44.5 Å². The zero-order valence-corrected chi connectivity index (χ0v) is 17.2. The van der Waals surface area contributed by atoms with Crippen molar-refractivity contribution in [3.8, 4) is 0 Å². The molecule has 0 spiro atoms. The van der Waals surface area contributed by atoms with Crippen LogP contribution in [0.25, 0.3) is 0 Å². The highest BCUT2D eigenvalue weighted by Crippen LogP contribution is 2.24. The minimum atomic E-state index is -3.74. The summed E-state index contributed by atoms with van der Waals surface area (Å²) >= 11 is 6.09. The summed E-state index contributed by atoms with van der Waals surface area (Å²) in [5.41, 5.74) is -1.27. The summed E-state index contributed by atoms with van der Waals surface area (Å²) in [7, 11) is -2.51. The van der Waals surface area contributed by atoms with E-state index in [1.54, 1.807) is 20.8 Å². The third kappa shape index (κ3) is 4.55. The van der Waals surface area contributed by atoms with Gasteiger partial charge in [-0.2, -0.15) is 4.31 Å². The highest BCUT2D eigenvalue weighted by molar-refractivity contribution is 7.89. The molecule has 146 valence electrons. The Bertz CT molecular complexity index is 777. The van der Waals surface area contributed by atoms with Crippen molar-refractivity contribution in [2.75, 3.05) is 20.2 Å². The van der Waals surface area contributed by atoms with Gasteiger partial charge in [-0.3, -0.25) is 4.79 Å². The molecule has 1 atom stereocenters. The van der Waals surface area contributed by atoms with Crippen LogP contribution in [0, 0.1) is 0 Å². The fraction of sp³-hybridized carbons (Fsp3) is 0.529. The number of methoxy groups -OCH3 is 1. The fourth-order valence-corrected chi connectivity index (χ4v) is 4.07. The first-order valence-corrected chi connectivity index (χ1v) is 10.1. The maximum Gasteiger partial charge on any atom is 0.331 e. The average molecular weight is 405 g/mol. The van der Waals surface area contributed by atoms with E-state index in [0.717, 1.165) is 0 Å². The van der Waals surface area contributed by atoms with Gasteiger partial charge in [0.25, 0.3) is 5.91 Å². The van der Waals surface area contributed by atoms with Crippen molar-refractivity contribution >= 4 is 33.5 Å². The second-order valence-corrected chi connectivity index (χ2v) is 8.21. The summed E-state index contributed by atoms with van der Waals surface area (Å²) in [6.45, 7) is 7.32. The van der Waals surface area contributed by atoms with E-state index in [9.17, 15) is 18.0 Å². The molecule has 0 saturated heterocycles. The summed E-state index contributed by atoms with van der Waals surface area (Å²) in [5.74, 6) is -1.25. The largest absolute Gasteiger partial charge is 0.467 e. The van der Waals surface area contributed by atoms with E-state index in [0.29, 0.717) is 19.5 Å². The number of sulfonamides is 1. The Morgan fingerprint density at radius 3 is 2.27 bits per heavy atom. The van der Waals surface area contributed by atoms with Crippen LogP contribution in [0.5, 0.6) is 0 Å². The lowest BCUT2D eigenvalue weighted by Crippen LogP contribution is -2.52. The molecule has 1 N–H and O–H groups in total. The maximum atomic E-state index is 12.7. The number of benzene rings is 1. The van der Waals surface area contributed by atoms with Crippen LogP contribution < -0.4 is 5.32 Å². The zero-order valence-electron chi connectivity index (χ0n) is 15.6. The van der Waals surface area contributed by atoms with Gasteiger partial charge in [-0.1, -0.05) is 32.4 Å². The molecular formula is C17H25ClN2O5S. The monoisotopic (exact) mass is 404 g/mol. The highest BCUT2D eigenvalue weighted by Gasteiger charge is 2.35. The van der Waals surface area contributed by atoms with Gasteiger partial charge in [0.05, 0.1) is 22.6 Å². The Balaban J connectivity index is 3.30. The summed E-state index contributed by atoms with van der Waals surface area (Å²) in [5, 5.41) is 2.67. The van der Waals surface area contributed by atoms with Crippen molar-refractivity contribution in [3.05, 3.63) is 28.8 Å². The van der Waals surface area contributed by atoms with Crippen molar-refractivity contribution in [1.82, 2.24) is 9.62 Å². The SMILES string of the molecule is CCN(CC)S(=O)(=O)c1ccc(Cl)c(C(=O)NC(C)(CC)C(=O)OC)c1. The third-order valence-corrected chi connectivity index (χ3v) is 6.63. The summed E-state index contributed by atoms with van der Waals surface area (Å²) in [4.78, 5) is 24.5. The summed E-state index contributed by atoms with van der Waals surface area (Å²) in [6.07, 6.45) is 0.292. The second kappa shape index (κ2) is 8.83. The Hall–Kier alpha value is -1.64. The zero-order chi connectivity index (χ0) is 20.1. The molecule has 1 aromatic rings. The smallest absolute Gasteiger partial charge is 0.331 e. The van der Waals surface area contributed by atoms with Gasteiger partial charge in [-0.15, -0.1) is 0 Å². The summed E-state index contributed by atoms with van der Waals surface area (Å²) < 4.78 is 31.3. The minimum absolute atomic E-state index is 0.0246. The third-order valence-electron chi connectivity index (χ3n) is 4.26. The topological polar surface area (TPSA) is 92.8 Å². The normalized spacial score (nSPS) is 14.0. The van der Waals surface area contributed by atoms with Crippen LogP contribution in [-0.4, -0.2) is 50.3 Å². The number of nitrogens with zero attached hydrogens (tertiary/aromatic N) is 1. The van der Waals surface area contributed by atoms with Gasteiger partial charge >= 0.3 is 5.97 Å². The van der Waals surface area contributed by atoms with Gasteiger partial charge in [0.1, 0.15) is 5.54 Å². The molecular weight excluding hydrogens is 380 g/mol. The van der Waals surface area contributed by atoms with Crippen molar-refractivity contribution in [1.29, 1.82) is 0 Å². The molecule has 9 heteroatoms. The van der Waals surface area contributed by atoms with Crippen LogP contribution in [0.2, 0.25) is 5.02 Å². The van der Waals surface area contributed by atoms with E-state index in [-0.39, 0.29) is 15.5 Å². The molecule has 0 aliphatic rings. The fourth-order valence-electron chi connectivity index (χ4n) is 2.38. The number of ether oxygens (including phenoxy) is 1. The molecule has 1 rings (SSSR count). The van der Waals surface area contributed by atoms with Gasteiger partial charge in [-0.05, 0) is 31.5 Å². The van der Waals surface area contributed by atoms with Gasteiger partial charge < -0.3 is 10.1 Å². The molecule has 0 bridgehead atoms. The molecule has 0 fully saturated rings. The molecule has 1 aromatic carbocycles. The van der Waals surface area contributed by atoms with Crippen LogP contribution in [-0.2, 0) is 19.6 Å². The number of amides is 1. The molecule has 1 unspecified atom stereocenters. The van der Waals surface area contributed by atoms with E-state index < -0.39 is 27.4 Å². The lowest BCUT2D eigenvalue weighted by Gasteiger charge is -2.26. The van der Waals surface area contributed by atoms with Gasteiger partial charge in [0, 0.05) is 13.1 Å². The van der Waals surface area contributed by atoms with Gasteiger partial charge in [0.2, 0.25) is 10.0 Å². The van der Waals surface area contributed by atoms with Crippen molar-refractivity contribution < 1.29 is 22.7 Å². The lowest BCUT2D eigenvalue weighted by atomic mass is 9.98. The lowest BCUT2D eigenvalue weighted by molar-refractivity contribution is -0.147. The van der Waals surface area contributed by atoms with Crippen molar-refractivity contribution in [2.45, 2.75) is 44.6 Å². The quantitative estimate of drug-likeness (QED) is 0.672. The first-order valence-electron chi connectivity index (χ1n) is 8.27. The molecule has 7 nitrogen and oxygen atoms in total. The molecule has 0 aromatic heterocycles. The molecule has 0 aliphatic heterocycles. The second-order valence-electron chi connectivity index (χ2n) is 5.86. The minimum Gasteiger partial charge on any atom is -0.467 e. The number of nitrogens with one attached hydrogen (secondary N) is 1. The predicted molar refractivity (Wildman–Crippen MR) is 99.7 cm³/mol. The average Bonchev–Trinajstić information content (AvgIpc) is 2.61. The van der Waals surface area contributed by atoms with E-state index in [1.807, 2.05) is 0 Å². The first kappa shape index (κ1) is 22.4. The number of esters is 1. The molecule has 1 amide bonds. The van der Waals surface area contributed by atoms with Gasteiger partial charge in [0.15, 0.2) is 0 Å². The molecule has 26 heavy (non-hydrogen) atoms. The number of carbonyl (C=O) groups excluding carboxylic acids is 2. The number of hydrogen-bond acceptors (Lipinski definition) is 5. The predicted octanol–water partition coefficient (Wildman–Crippen LogP) is 2.44. The number of carbonyl (C=O) groups is 2. The van der Waals surface area contributed by atoms with E-state index >= 15 is 0 Å². The van der Waals surface area contributed by atoms with Crippen molar-refractivity contribution in [2.24, 2.45) is 0 Å². The Kier molecular flexibility index (Phi) is 7.61. The molecule has 0 radical (unpaired) electrons. The van der Waals surface area contributed by atoms with Crippen LogP contribution in [0.3, 0.4) is 0 Å². The van der Waals surface area contributed by atoms with E-state index in [1.165, 1.54) is 36.5 Å². The Morgan fingerprint density at radius 2 is 1.81 bits per heavy atom. The van der Waals surface area contributed by atoms with Crippen molar-refractivity contribution in [3.63, 3.8) is 0 Å². The standard InChI is InChI=1S/C17H25ClN2O5S/c1-6-17(4,16(22)25-5)19-15(21)13-11-12(9-10-14(13)18)26(23,24)20(7-2)8-3/h9-11H,6-8H2,1-5H3,(H,19,21). The van der Waals surface area contributed by atoms with Crippen LogP contribution in [0.15, 0.2) is 23.1 Å². The number of halogens is 1. The Morgan fingerprint density at radius 1 is 1.23 bits per heavy atom. The summed E-state index contributed by atoms with van der Waals surface area (Å²) in [6, 6.07) is 3.93. The van der Waals surface area contributed by atoms with Crippen LogP contribution >= 0.6 is 11.6 Å². The highest BCUT2D eigenvalue weighted by atomic mass is 35.5. The molecule has 0 aliphatic carbocycles. The van der Waals surface area contributed by atoms with E-state index in [4.69, 9.17) is 16.3 Å². The number of rotatable bonds is 8. The van der Waals surface area contributed by atoms with E-state index in [2.05, 4.69) is 5.32 Å². The van der Waals surface area contributed by atoms with Crippen LogP contribution in [0.4, 0.5) is 0 Å².